The molecule has 4 rings (SSSR count). The number of hydrogen-bond donors (Lipinski definition) is 3. The van der Waals surface area contributed by atoms with Crippen molar-refractivity contribution in [2.24, 2.45) is 0 Å². The summed E-state index contributed by atoms with van der Waals surface area (Å²) >= 11 is 3.19. The lowest BCUT2D eigenvalue weighted by molar-refractivity contribution is -0.139. The fraction of sp³-hybridized carbons (Fsp3) is 0.258. The van der Waals surface area contributed by atoms with Crippen LogP contribution in [0, 0.1) is 6.92 Å². The predicted molar refractivity (Wildman–Crippen MR) is 160 cm³/mol. The molecule has 202 valence electrons. The fourth-order valence-electron chi connectivity index (χ4n) is 4.47. The number of benzene rings is 3. The number of carbonyl (C=O) groups excluding carboxylic acids is 1. The van der Waals surface area contributed by atoms with Gasteiger partial charge in [0.15, 0.2) is 0 Å². The lowest BCUT2D eigenvalue weighted by Gasteiger charge is -2.19. The molecule has 6 nitrogen and oxygen atoms in total. The summed E-state index contributed by atoms with van der Waals surface area (Å²) in [7, 11) is 0. The first-order valence-electron chi connectivity index (χ1n) is 12.8. The highest BCUT2D eigenvalue weighted by Gasteiger charge is 2.23. The summed E-state index contributed by atoms with van der Waals surface area (Å²) in [4.78, 5) is 29.7. The molecule has 0 bridgehead atoms. The van der Waals surface area contributed by atoms with Gasteiger partial charge in [0.1, 0.15) is 11.0 Å². The summed E-state index contributed by atoms with van der Waals surface area (Å²) in [5, 5.41) is 19.1. The van der Waals surface area contributed by atoms with Crippen molar-refractivity contribution in [3.63, 3.8) is 0 Å². The van der Waals surface area contributed by atoms with Crippen LogP contribution in [0.3, 0.4) is 0 Å². The van der Waals surface area contributed by atoms with Crippen molar-refractivity contribution in [1.82, 2.24) is 15.6 Å². The van der Waals surface area contributed by atoms with Gasteiger partial charge in [0.05, 0.1) is 6.04 Å². The number of nitrogens with zero attached hydrogens (tertiary/aromatic N) is 1. The third-order valence-corrected chi connectivity index (χ3v) is 8.10. The Morgan fingerprint density at radius 1 is 1.00 bits per heavy atom. The van der Waals surface area contributed by atoms with Crippen molar-refractivity contribution in [1.29, 1.82) is 0 Å². The zero-order chi connectivity index (χ0) is 27.6. The molecule has 0 aliphatic carbocycles. The second kappa shape index (κ2) is 14.1. The molecule has 0 fully saturated rings. The molecule has 0 saturated heterocycles. The van der Waals surface area contributed by atoms with E-state index in [1.54, 1.807) is 29.2 Å². The maximum Gasteiger partial charge on any atom is 0.326 e. The second-order valence-corrected chi connectivity index (χ2v) is 11.2. The van der Waals surface area contributed by atoms with E-state index < -0.39 is 12.0 Å². The van der Waals surface area contributed by atoms with Crippen LogP contribution < -0.4 is 10.6 Å². The van der Waals surface area contributed by atoms with Crippen molar-refractivity contribution in [3.8, 4) is 11.1 Å². The third-order valence-electron chi connectivity index (χ3n) is 6.56. The molecule has 3 N–H and O–H groups in total. The molecule has 1 heterocycles. The van der Waals surface area contributed by atoms with Gasteiger partial charge in [0.2, 0.25) is 0 Å². The van der Waals surface area contributed by atoms with Gasteiger partial charge in [-0.15, -0.1) is 11.3 Å². The van der Waals surface area contributed by atoms with Gasteiger partial charge in [-0.3, -0.25) is 4.79 Å². The van der Waals surface area contributed by atoms with Gasteiger partial charge in [-0.1, -0.05) is 60.7 Å². The molecule has 0 aliphatic rings. The molecule has 2 atom stereocenters. The van der Waals surface area contributed by atoms with E-state index in [4.69, 9.17) is 0 Å². The molecular formula is C31H33N3O3S2. The summed E-state index contributed by atoms with van der Waals surface area (Å²) in [6, 6.07) is 23.1. The Morgan fingerprint density at radius 2 is 1.77 bits per heavy atom. The van der Waals surface area contributed by atoms with Crippen molar-refractivity contribution in [2.45, 2.75) is 38.4 Å². The molecule has 0 aliphatic heterocycles. The maximum atomic E-state index is 13.4. The van der Waals surface area contributed by atoms with E-state index in [1.807, 2.05) is 79.4 Å². The highest BCUT2D eigenvalue weighted by Crippen LogP contribution is 2.29. The summed E-state index contributed by atoms with van der Waals surface area (Å²) in [5.74, 6) is -0.760. The molecule has 4 aromatic rings. The molecule has 1 unspecified atom stereocenters. The highest BCUT2D eigenvalue weighted by molar-refractivity contribution is 7.98. The Hall–Kier alpha value is -3.46. The van der Waals surface area contributed by atoms with Gasteiger partial charge >= 0.3 is 5.97 Å². The number of thioether (sulfide) groups is 1. The summed E-state index contributed by atoms with van der Waals surface area (Å²) < 4.78 is 0. The monoisotopic (exact) mass is 559 g/mol. The normalized spacial score (nSPS) is 12.6. The minimum Gasteiger partial charge on any atom is -0.480 e. The summed E-state index contributed by atoms with van der Waals surface area (Å²) in [6.45, 7) is 2.60. The number of thiazole rings is 1. The Labute approximate surface area is 237 Å². The predicted octanol–water partition coefficient (Wildman–Crippen LogP) is 6.13. The number of aromatic nitrogens is 1. The Morgan fingerprint density at radius 3 is 2.46 bits per heavy atom. The van der Waals surface area contributed by atoms with Gasteiger partial charge in [-0.2, -0.15) is 11.8 Å². The van der Waals surface area contributed by atoms with Crippen LogP contribution in [0.4, 0.5) is 0 Å². The van der Waals surface area contributed by atoms with E-state index in [2.05, 4.69) is 27.8 Å². The molecule has 3 aromatic carbocycles. The van der Waals surface area contributed by atoms with Crippen LogP contribution in [0.15, 0.2) is 84.4 Å². The molecule has 0 spiro atoms. The van der Waals surface area contributed by atoms with Crippen LogP contribution in [0.2, 0.25) is 0 Å². The largest absolute Gasteiger partial charge is 0.480 e. The SMILES string of the molecule is CSCC[C@H](NC(=O)c1ccc(CNC(Cc2ccccc2)c2nccs2)cc1-c1ccccc1C)C(=O)O. The average molecular weight is 560 g/mol. The second-order valence-electron chi connectivity index (χ2n) is 9.33. The average Bonchev–Trinajstić information content (AvgIpc) is 3.49. The molecular weight excluding hydrogens is 526 g/mol. The summed E-state index contributed by atoms with van der Waals surface area (Å²) in [5.41, 5.74) is 5.49. The van der Waals surface area contributed by atoms with E-state index in [9.17, 15) is 14.7 Å². The number of aliphatic carboxylic acids is 1. The van der Waals surface area contributed by atoms with Gasteiger partial charge in [0.25, 0.3) is 5.91 Å². The Bertz CT molecular complexity index is 1380. The zero-order valence-electron chi connectivity index (χ0n) is 22.1. The van der Waals surface area contributed by atoms with E-state index in [1.165, 1.54) is 5.56 Å². The van der Waals surface area contributed by atoms with Crippen molar-refractivity contribution in [3.05, 3.63) is 112 Å². The van der Waals surface area contributed by atoms with Crippen LogP contribution in [-0.4, -0.2) is 40.0 Å². The number of carbonyl (C=O) groups is 2. The molecule has 0 saturated carbocycles. The maximum absolute atomic E-state index is 13.4. The standard InChI is InChI=1S/C31H33N3O3S2/c1-21-8-6-7-11-24(21)26-18-23(12-13-25(26)29(35)34-27(31(36)37)14-16-38-2)20-33-28(30-32-15-17-39-30)19-22-9-4-3-5-10-22/h3-13,15,17-18,27-28,33H,14,16,19-20H2,1-2H3,(H,34,35)(H,36,37)/t27-,28?/m0/s1. The van der Waals surface area contributed by atoms with E-state index in [-0.39, 0.29) is 11.9 Å². The molecule has 39 heavy (non-hydrogen) atoms. The smallest absolute Gasteiger partial charge is 0.326 e. The lowest BCUT2D eigenvalue weighted by Crippen LogP contribution is -2.41. The number of carboxylic acid groups (broad SMARTS) is 1. The minimum atomic E-state index is -1.03. The first-order chi connectivity index (χ1) is 19.0. The van der Waals surface area contributed by atoms with Crippen LogP contribution in [0.1, 0.15) is 44.5 Å². The van der Waals surface area contributed by atoms with E-state index >= 15 is 0 Å². The number of nitrogens with one attached hydrogen (secondary N) is 2. The van der Waals surface area contributed by atoms with Gasteiger partial charge in [-0.05, 0) is 71.7 Å². The molecule has 1 aromatic heterocycles. The number of aryl methyl sites for hydroxylation is 1. The van der Waals surface area contributed by atoms with Crippen molar-refractivity contribution < 1.29 is 14.7 Å². The quantitative estimate of drug-likeness (QED) is 0.183. The molecule has 0 radical (unpaired) electrons. The summed E-state index contributed by atoms with van der Waals surface area (Å²) in [6.07, 6.45) is 4.92. The first kappa shape index (κ1) is 28.5. The fourth-order valence-corrected chi connectivity index (χ4v) is 5.66. The number of rotatable bonds is 13. The Kier molecular flexibility index (Phi) is 10.3. The topological polar surface area (TPSA) is 91.3 Å². The molecule has 1 amide bonds. The first-order valence-corrected chi connectivity index (χ1v) is 15.1. The van der Waals surface area contributed by atoms with Gasteiger partial charge in [-0.25, -0.2) is 9.78 Å². The van der Waals surface area contributed by atoms with Gasteiger partial charge in [0, 0.05) is 23.7 Å². The Balaban J connectivity index is 1.61. The van der Waals surface area contributed by atoms with Crippen molar-refractivity contribution >= 4 is 35.0 Å². The van der Waals surface area contributed by atoms with Crippen LogP contribution in [-0.2, 0) is 17.8 Å². The van der Waals surface area contributed by atoms with Crippen LogP contribution in [0.5, 0.6) is 0 Å². The number of hydrogen-bond acceptors (Lipinski definition) is 6. The highest BCUT2D eigenvalue weighted by atomic mass is 32.2. The third kappa shape index (κ3) is 7.79. The van der Waals surface area contributed by atoms with Crippen LogP contribution in [0.25, 0.3) is 11.1 Å². The number of amides is 1. The molecule has 8 heteroatoms. The minimum absolute atomic E-state index is 0.0463. The zero-order valence-corrected chi connectivity index (χ0v) is 23.7. The number of carboxylic acids is 1. The van der Waals surface area contributed by atoms with Crippen molar-refractivity contribution in [2.75, 3.05) is 12.0 Å². The lowest BCUT2D eigenvalue weighted by atomic mass is 9.93. The van der Waals surface area contributed by atoms with E-state index in [0.717, 1.165) is 33.7 Å². The van der Waals surface area contributed by atoms with Gasteiger partial charge < -0.3 is 15.7 Å². The van der Waals surface area contributed by atoms with E-state index in [0.29, 0.717) is 24.3 Å². The van der Waals surface area contributed by atoms with Crippen LogP contribution >= 0.6 is 23.1 Å².